The first-order valence-corrected chi connectivity index (χ1v) is 12.1. The summed E-state index contributed by atoms with van der Waals surface area (Å²) in [5.41, 5.74) is 4.08. The zero-order valence-corrected chi connectivity index (χ0v) is 19.4. The van der Waals surface area contributed by atoms with Gasteiger partial charge in [0.15, 0.2) is 0 Å². The number of amides is 2. The molecule has 2 aromatic carbocycles. The monoisotopic (exact) mass is 458 g/mol. The van der Waals surface area contributed by atoms with Crippen LogP contribution in [-0.4, -0.2) is 53.8 Å². The topological polar surface area (TPSA) is 65.5 Å². The molecule has 3 aromatic rings. The van der Waals surface area contributed by atoms with Crippen LogP contribution in [0.5, 0.6) is 0 Å². The third kappa shape index (κ3) is 4.65. The lowest BCUT2D eigenvalue weighted by atomic mass is 10.0. The summed E-state index contributed by atoms with van der Waals surface area (Å²) in [6.45, 7) is 7.74. The summed E-state index contributed by atoms with van der Waals surface area (Å²) in [4.78, 5) is 33.4. The minimum absolute atomic E-state index is 0.332. The van der Waals surface area contributed by atoms with Gasteiger partial charge in [0, 0.05) is 49.0 Å². The number of piperazine rings is 1. The molecule has 0 spiro atoms. The standard InChI is InChI=1S/C26H26N4O2S/c1-2-11-29-12-14-30(15-13-29)21-7-5-20(6-8-21)24-22-16-18(3-4-19(22)9-10-27-24)17-23-25(31)28-26(32)33-23/h3-10,16-17H,2,11-15H2,1H3,(H,28,31,32). The number of nitrogens with one attached hydrogen (secondary N) is 1. The minimum Gasteiger partial charge on any atom is -0.369 e. The highest BCUT2D eigenvalue weighted by Gasteiger charge is 2.25. The fourth-order valence-corrected chi connectivity index (χ4v) is 5.14. The van der Waals surface area contributed by atoms with Crippen molar-refractivity contribution in [3.05, 3.63) is 65.2 Å². The first-order chi connectivity index (χ1) is 16.1. The molecule has 3 heterocycles. The second kappa shape index (κ2) is 9.37. The Bertz CT molecular complexity index is 1230. The molecule has 0 unspecified atom stereocenters. The summed E-state index contributed by atoms with van der Waals surface area (Å²) in [7, 11) is 0. The zero-order chi connectivity index (χ0) is 22.8. The smallest absolute Gasteiger partial charge is 0.290 e. The summed E-state index contributed by atoms with van der Waals surface area (Å²) in [5.74, 6) is -0.345. The van der Waals surface area contributed by atoms with Crippen LogP contribution >= 0.6 is 11.8 Å². The number of aromatic nitrogens is 1. The van der Waals surface area contributed by atoms with Crippen LogP contribution in [-0.2, 0) is 4.79 Å². The second-order valence-corrected chi connectivity index (χ2v) is 9.38. The molecule has 2 fully saturated rings. The minimum atomic E-state index is -0.345. The van der Waals surface area contributed by atoms with Crippen molar-refractivity contribution in [2.75, 3.05) is 37.6 Å². The fraction of sp³-hybridized carbons (Fsp3) is 0.269. The Kier molecular flexibility index (Phi) is 6.15. The van der Waals surface area contributed by atoms with Gasteiger partial charge in [0.1, 0.15) is 0 Å². The number of pyridine rings is 1. The first-order valence-electron chi connectivity index (χ1n) is 11.3. The lowest BCUT2D eigenvalue weighted by molar-refractivity contribution is -0.115. The molecule has 1 N–H and O–H groups in total. The van der Waals surface area contributed by atoms with Crippen molar-refractivity contribution in [2.24, 2.45) is 0 Å². The van der Waals surface area contributed by atoms with E-state index < -0.39 is 0 Å². The van der Waals surface area contributed by atoms with Crippen LogP contribution in [0.1, 0.15) is 18.9 Å². The molecule has 0 bridgehead atoms. The van der Waals surface area contributed by atoms with Gasteiger partial charge in [-0.3, -0.25) is 24.8 Å². The van der Waals surface area contributed by atoms with Crippen LogP contribution in [0.15, 0.2) is 59.6 Å². The van der Waals surface area contributed by atoms with Crippen molar-refractivity contribution < 1.29 is 9.59 Å². The van der Waals surface area contributed by atoms with Crippen molar-refractivity contribution in [1.29, 1.82) is 0 Å². The van der Waals surface area contributed by atoms with E-state index in [-0.39, 0.29) is 11.1 Å². The maximum atomic E-state index is 11.9. The fourth-order valence-electron chi connectivity index (χ4n) is 4.45. The van der Waals surface area contributed by atoms with E-state index in [9.17, 15) is 9.59 Å². The van der Waals surface area contributed by atoms with Crippen LogP contribution in [0.2, 0.25) is 0 Å². The number of carbonyl (C=O) groups excluding carboxylic acids is 2. The number of fused-ring (bicyclic) bond motifs is 1. The zero-order valence-electron chi connectivity index (χ0n) is 18.6. The van der Waals surface area contributed by atoms with Gasteiger partial charge >= 0.3 is 0 Å². The van der Waals surface area contributed by atoms with Crippen molar-refractivity contribution in [2.45, 2.75) is 13.3 Å². The van der Waals surface area contributed by atoms with Gasteiger partial charge in [-0.25, -0.2) is 0 Å². The van der Waals surface area contributed by atoms with Gasteiger partial charge in [-0.1, -0.05) is 31.2 Å². The van der Waals surface area contributed by atoms with Gasteiger partial charge < -0.3 is 4.90 Å². The number of benzene rings is 2. The molecule has 6 nitrogen and oxygen atoms in total. The molecule has 0 atom stereocenters. The van der Waals surface area contributed by atoms with Crippen LogP contribution in [0, 0.1) is 0 Å². The number of hydrogen-bond acceptors (Lipinski definition) is 6. The normalized spacial score (nSPS) is 18.3. The van der Waals surface area contributed by atoms with Crippen LogP contribution in [0.4, 0.5) is 10.5 Å². The van der Waals surface area contributed by atoms with E-state index in [1.165, 1.54) is 18.7 Å². The molecular formula is C26H26N4O2S. The maximum absolute atomic E-state index is 11.9. The summed E-state index contributed by atoms with van der Waals surface area (Å²) >= 11 is 0.931. The number of hydrogen-bond donors (Lipinski definition) is 1. The van der Waals surface area contributed by atoms with E-state index in [0.29, 0.717) is 4.91 Å². The Balaban J connectivity index is 1.41. The maximum Gasteiger partial charge on any atom is 0.290 e. The predicted molar refractivity (Wildman–Crippen MR) is 135 cm³/mol. The van der Waals surface area contributed by atoms with E-state index in [1.807, 2.05) is 30.5 Å². The molecule has 1 aromatic heterocycles. The average molecular weight is 459 g/mol. The Labute approximate surface area is 197 Å². The van der Waals surface area contributed by atoms with Gasteiger partial charge in [0.05, 0.1) is 10.6 Å². The Morgan fingerprint density at radius 1 is 1.03 bits per heavy atom. The largest absolute Gasteiger partial charge is 0.369 e. The van der Waals surface area contributed by atoms with Gasteiger partial charge in [-0.2, -0.15) is 0 Å². The number of imide groups is 1. The Morgan fingerprint density at radius 2 is 1.82 bits per heavy atom. The van der Waals surface area contributed by atoms with Gasteiger partial charge in [0.25, 0.3) is 11.1 Å². The molecule has 7 heteroatoms. The SMILES string of the molecule is CCCN1CCN(c2ccc(-c3nccc4ccc(C=C5SC(=O)NC5=O)cc34)cc2)CC1. The Morgan fingerprint density at radius 3 is 2.52 bits per heavy atom. The van der Waals surface area contributed by atoms with Gasteiger partial charge in [-0.15, -0.1) is 0 Å². The lowest BCUT2D eigenvalue weighted by Gasteiger charge is -2.36. The molecule has 2 aliphatic rings. The molecule has 2 saturated heterocycles. The lowest BCUT2D eigenvalue weighted by Crippen LogP contribution is -2.46. The highest BCUT2D eigenvalue weighted by molar-refractivity contribution is 8.18. The highest BCUT2D eigenvalue weighted by atomic mass is 32.2. The van der Waals surface area contributed by atoms with E-state index in [4.69, 9.17) is 0 Å². The van der Waals surface area contributed by atoms with Gasteiger partial charge in [0.2, 0.25) is 0 Å². The van der Waals surface area contributed by atoms with Crippen molar-refractivity contribution >= 4 is 45.4 Å². The quantitative estimate of drug-likeness (QED) is 0.556. The summed E-state index contributed by atoms with van der Waals surface area (Å²) < 4.78 is 0. The summed E-state index contributed by atoms with van der Waals surface area (Å²) in [6, 6.07) is 16.6. The highest BCUT2D eigenvalue weighted by Crippen LogP contribution is 2.31. The van der Waals surface area contributed by atoms with Crippen LogP contribution in [0.25, 0.3) is 28.1 Å². The molecule has 168 valence electrons. The first kappa shape index (κ1) is 21.7. The molecule has 0 saturated carbocycles. The van der Waals surface area contributed by atoms with Crippen LogP contribution < -0.4 is 10.2 Å². The Hall–Kier alpha value is -3.16. The third-order valence-electron chi connectivity index (χ3n) is 6.15. The van der Waals surface area contributed by atoms with E-state index >= 15 is 0 Å². The predicted octanol–water partition coefficient (Wildman–Crippen LogP) is 4.76. The third-order valence-corrected chi connectivity index (χ3v) is 6.96. The van der Waals surface area contributed by atoms with Crippen molar-refractivity contribution in [3.63, 3.8) is 0 Å². The van der Waals surface area contributed by atoms with Crippen LogP contribution in [0.3, 0.4) is 0 Å². The van der Waals surface area contributed by atoms with Crippen molar-refractivity contribution in [3.8, 4) is 11.3 Å². The van der Waals surface area contributed by atoms with Crippen molar-refractivity contribution in [1.82, 2.24) is 15.2 Å². The van der Waals surface area contributed by atoms with E-state index in [2.05, 4.69) is 51.3 Å². The molecule has 2 amide bonds. The second-order valence-electron chi connectivity index (χ2n) is 8.37. The molecule has 2 aliphatic heterocycles. The van der Waals surface area contributed by atoms with E-state index in [0.717, 1.165) is 65.5 Å². The molecule has 0 aliphatic carbocycles. The number of rotatable bonds is 5. The number of thioether (sulfide) groups is 1. The number of anilines is 1. The molecule has 33 heavy (non-hydrogen) atoms. The average Bonchev–Trinajstić information content (AvgIpc) is 3.16. The molecule has 0 radical (unpaired) electrons. The summed E-state index contributed by atoms with van der Waals surface area (Å²) in [5, 5.41) is 4.07. The number of carbonyl (C=O) groups is 2. The molecular weight excluding hydrogens is 432 g/mol. The molecule has 5 rings (SSSR count). The number of nitrogens with zero attached hydrogens (tertiary/aromatic N) is 3. The summed E-state index contributed by atoms with van der Waals surface area (Å²) in [6.07, 6.45) is 4.79. The van der Waals surface area contributed by atoms with E-state index in [1.54, 1.807) is 6.08 Å². The van der Waals surface area contributed by atoms with Gasteiger partial charge in [-0.05, 0) is 66.0 Å².